The van der Waals surface area contributed by atoms with Crippen LogP contribution in [0.1, 0.15) is 39.3 Å². The van der Waals surface area contributed by atoms with E-state index in [1.165, 1.54) is 0 Å². The zero-order valence-corrected chi connectivity index (χ0v) is 11.2. The van der Waals surface area contributed by atoms with Crippen LogP contribution in [-0.2, 0) is 12.8 Å². The van der Waals surface area contributed by atoms with E-state index < -0.39 is 0 Å². The molecule has 1 amide bonds. The van der Waals surface area contributed by atoms with Crippen molar-refractivity contribution in [2.24, 2.45) is 0 Å². The van der Waals surface area contributed by atoms with Gasteiger partial charge in [-0.2, -0.15) is 5.10 Å². The van der Waals surface area contributed by atoms with Gasteiger partial charge in [0.2, 0.25) is 0 Å². The molecule has 0 spiro atoms. The number of hydrogen-bond acceptors (Lipinski definition) is 2. The lowest BCUT2D eigenvalue weighted by Crippen LogP contribution is -2.14. The Hall–Kier alpha value is -2.10. The maximum Gasteiger partial charge on any atom is 0.276 e. The lowest BCUT2D eigenvalue weighted by Gasteiger charge is -2.06. The van der Waals surface area contributed by atoms with E-state index in [1.54, 1.807) is 0 Å². The third-order valence-corrected chi connectivity index (χ3v) is 3.50. The first-order valence-corrected chi connectivity index (χ1v) is 6.59. The number of carbonyl (C=O) groups excluding carboxylic acids is 1. The summed E-state index contributed by atoms with van der Waals surface area (Å²) < 4.78 is 0. The highest BCUT2D eigenvalue weighted by molar-refractivity contribution is 6.04. The van der Waals surface area contributed by atoms with Crippen molar-refractivity contribution < 1.29 is 4.79 Å². The van der Waals surface area contributed by atoms with Gasteiger partial charge in [0.1, 0.15) is 0 Å². The Morgan fingerprint density at radius 1 is 1.21 bits per heavy atom. The van der Waals surface area contributed by atoms with Gasteiger partial charge in [-0.15, -0.1) is 0 Å². The smallest absolute Gasteiger partial charge is 0.276 e. The van der Waals surface area contributed by atoms with E-state index in [1.807, 2.05) is 26.0 Å². The number of fused-ring (bicyclic) bond motifs is 1. The summed E-state index contributed by atoms with van der Waals surface area (Å²) in [6.07, 6.45) is 3.05. The number of nitrogens with zero attached hydrogens (tertiary/aromatic N) is 1. The summed E-state index contributed by atoms with van der Waals surface area (Å²) in [4.78, 5) is 12.3. The number of aromatic amines is 1. The van der Waals surface area contributed by atoms with Crippen LogP contribution in [-0.4, -0.2) is 16.1 Å². The molecule has 19 heavy (non-hydrogen) atoms. The molecule has 2 N–H and O–H groups in total. The molecule has 3 rings (SSSR count). The molecular weight excluding hydrogens is 238 g/mol. The molecule has 4 nitrogen and oxygen atoms in total. The number of amides is 1. The van der Waals surface area contributed by atoms with Crippen molar-refractivity contribution in [1.82, 2.24) is 10.2 Å². The minimum atomic E-state index is -0.121. The summed E-state index contributed by atoms with van der Waals surface area (Å²) in [5.41, 5.74) is 5.86. The molecule has 2 aromatic rings. The molecule has 0 saturated heterocycles. The van der Waals surface area contributed by atoms with Crippen molar-refractivity contribution in [2.75, 3.05) is 5.32 Å². The summed E-state index contributed by atoms with van der Waals surface area (Å²) in [6, 6.07) is 6.03. The van der Waals surface area contributed by atoms with Gasteiger partial charge < -0.3 is 5.32 Å². The molecule has 0 atom stereocenters. The first kappa shape index (κ1) is 12.0. The predicted octanol–water partition coefficient (Wildman–Crippen LogP) is 2.77. The van der Waals surface area contributed by atoms with Gasteiger partial charge in [-0.25, -0.2) is 0 Å². The average Bonchev–Trinajstić information content (AvgIpc) is 2.87. The van der Waals surface area contributed by atoms with E-state index in [4.69, 9.17) is 0 Å². The predicted molar refractivity (Wildman–Crippen MR) is 74.5 cm³/mol. The normalized spacial score (nSPS) is 13.4. The van der Waals surface area contributed by atoms with E-state index in [-0.39, 0.29) is 5.91 Å². The number of hydrogen-bond donors (Lipinski definition) is 2. The molecule has 0 bridgehead atoms. The third kappa shape index (κ3) is 2.26. The van der Waals surface area contributed by atoms with Crippen molar-refractivity contribution >= 4 is 11.6 Å². The molecule has 1 aromatic carbocycles. The average molecular weight is 255 g/mol. The summed E-state index contributed by atoms with van der Waals surface area (Å²) in [7, 11) is 0. The molecule has 0 unspecified atom stereocenters. The van der Waals surface area contributed by atoms with Crippen molar-refractivity contribution in [3.8, 4) is 0 Å². The SMILES string of the molecule is Cc1cc(C)cc(NC(=O)c2n[nH]c3c2CCC3)c1. The van der Waals surface area contributed by atoms with Gasteiger partial charge in [-0.05, 0) is 56.4 Å². The zero-order valence-electron chi connectivity index (χ0n) is 11.2. The van der Waals surface area contributed by atoms with Crippen molar-refractivity contribution in [3.63, 3.8) is 0 Å². The molecule has 1 aliphatic carbocycles. The summed E-state index contributed by atoms with van der Waals surface area (Å²) >= 11 is 0. The first-order chi connectivity index (χ1) is 9.13. The topological polar surface area (TPSA) is 57.8 Å². The van der Waals surface area contributed by atoms with Crippen LogP contribution in [0.3, 0.4) is 0 Å². The fraction of sp³-hybridized carbons (Fsp3) is 0.333. The number of nitrogens with one attached hydrogen (secondary N) is 2. The maximum absolute atomic E-state index is 12.3. The number of carbonyl (C=O) groups is 1. The van der Waals surface area contributed by atoms with Crippen LogP contribution in [0, 0.1) is 13.8 Å². The van der Waals surface area contributed by atoms with E-state index >= 15 is 0 Å². The van der Waals surface area contributed by atoms with E-state index in [0.717, 1.165) is 47.3 Å². The van der Waals surface area contributed by atoms with E-state index in [0.29, 0.717) is 5.69 Å². The van der Waals surface area contributed by atoms with E-state index in [9.17, 15) is 4.79 Å². The lowest BCUT2D eigenvalue weighted by atomic mass is 10.1. The Morgan fingerprint density at radius 3 is 2.68 bits per heavy atom. The minimum absolute atomic E-state index is 0.121. The van der Waals surface area contributed by atoms with Gasteiger partial charge in [-0.1, -0.05) is 6.07 Å². The monoisotopic (exact) mass is 255 g/mol. The fourth-order valence-corrected chi connectivity index (χ4v) is 2.74. The second kappa shape index (κ2) is 4.53. The Balaban J connectivity index is 1.84. The van der Waals surface area contributed by atoms with Gasteiger partial charge in [-0.3, -0.25) is 9.89 Å². The van der Waals surface area contributed by atoms with Crippen LogP contribution < -0.4 is 5.32 Å². The molecule has 0 fully saturated rings. The summed E-state index contributed by atoms with van der Waals surface area (Å²) in [5, 5.41) is 10.0. The molecule has 0 aliphatic heterocycles. The highest BCUT2D eigenvalue weighted by Gasteiger charge is 2.22. The van der Waals surface area contributed by atoms with Gasteiger partial charge in [0.15, 0.2) is 5.69 Å². The lowest BCUT2D eigenvalue weighted by molar-refractivity contribution is 0.102. The number of aryl methyl sites for hydroxylation is 3. The molecule has 1 aliphatic rings. The minimum Gasteiger partial charge on any atom is -0.321 e. The summed E-state index contributed by atoms with van der Waals surface area (Å²) in [6.45, 7) is 4.05. The molecule has 4 heteroatoms. The number of anilines is 1. The van der Waals surface area contributed by atoms with Crippen LogP contribution in [0.25, 0.3) is 0 Å². The zero-order chi connectivity index (χ0) is 13.4. The van der Waals surface area contributed by atoms with Crippen LogP contribution in [0.5, 0.6) is 0 Å². The van der Waals surface area contributed by atoms with Crippen molar-refractivity contribution in [3.05, 3.63) is 46.3 Å². The molecular formula is C15H17N3O. The van der Waals surface area contributed by atoms with Crippen LogP contribution in [0.2, 0.25) is 0 Å². The van der Waals surface area contributed by atoms with Gasteiger partial charge >= 0.3 is 0 Å². The Labute approximate surface area is 112 Å². The van der Waals surface area contributed by atoms with Crippen molar-refractivity contribution in [2.45, 2.75) is 33.1 Å². The van der Waals surface area contributed by atoms with Gasteiger partial charge in [0.05, 0.1) is 0 Å². The van der Waals surface area contributed by atoms with Crippen LogP contribution >= 0.6 is 0 Å². The Morgan fingerprint density at radius 2 is 1.95 bits per heavy atom. The number of benzene rings is 1. The largest absolute Gasteiger partial charge is 0.321 e. The fourth-order valence-electron chi connectivity index (χ4n) is 2.74. The number of H-pyrrole nitrogens is 1. The van der Waals surface area contributed by atoms with Crippen LogP contribution in [0.15, 0.2) is 18.2 Å². The molecule has 0 saturated carbocycles. The second-order valence-electron chi connectivity index (χ2n) is 5.21. The first-order valence-electron chi connectivity index (χ1n) is 6.59. The molecule has 1 aromatic heterocycles. The summed E-state index contributed by atoms with van der Waals surface area (Å²) in [5.74, 6) is -0.121. The molecule has 1 heterocycles. The Kier molecular flexibility index (Phi) is 2.85. The third-order valence-electron chi connectivity index (χ3n) is 3.50. The molecule has 0 radical (unpaired) electrons. The van der Waals surface area contributed by atoms with Gasteiger partial charge in [0, 0.05) is 16.9 Å². The Bertz CT molecular complexity index is 623. The quantitative estimate of drug-likeness (QED) is 0.867. The number of aromatic nitrogens is 2. The number of rotatable bonds is 2. The highest BCUT2D eigenvalue weighted by atomic mass is 16.1. The standard InChI is InChI=1S/C15H17N3O/c1-9-6-10(2)8-11(7-9)16-15(19)14-12-4-3-5-13(12)17-18-14/h6-8H,3-5H2,1-2H3,(H,16,19)(H,17,18). The van der Waals surface area contributed by atoms with Gasteiger partial charge in [0.25, 0.3) is 5.91 Å². The van der Waals surface area contributed by atoms with E-state index in [2.05, 4.69) is 21.6 Å². The maximum atomic E-state index is 12.3. The van der Waals surface area contributed by atoms with Crippen molar-refractivity contribution in [1.29, 1.82) is 0 Å². The van der Waals surface area contributed by atoms with Crippen LogP contribution in [0.4, 0.5) is 5.69 Å². The molecule has 98 valence electrons. The highest BCUT2D eigenvalue weighted by Crippen LogP contribution is 2.23. The second-order valence-corrected chi connectivity index (χ2v) is 5.21.